The Morgan fingerprint density at radius 1 is 0.586 bits per heavy atom. The van der Waals surface area contributed by atoms with Crippen molar-refractivity contribution >= 4 is 64.1 Å². The van der Waals surface area contributed by atoms with Crippen molar-refractivity contribution in [2.75, 3.05) is 12.0 Å². The molecule has 0 radical (unpaired) electrons. The fraction of sp³-hybridized carbons (Fsp3) is 0.0952. The Morgan fingerprint density at radius 3 is 1.10 bits per heavy atom. The predicted octanol–water partition coefficient (Wildman–Crippen LogP) is 4.32. The number of carbonyl (C=O) groups excluding carboxylic acids is 5. The van der Waals surface area contributed by atoms with Gasteiger partial charge in [-0.05, 0) is 35.8 Å². The molecular formula is C21H24ClO5PW. The molecule has 3 rings (SSSR count). The van der Waals surface area contributed by atoms with Crippen LogP contribution in [0.3, 0.4) is 0 Å². The van der Waals surface area contributed by atoms with Crippen LogP contribution in [-0.2, 0) is 45.0 Å². The Labute approximate surface area is 192 Å². The number of hydrogen-bond acceptors (Lipinski definition) is 5. The summed E-state index contributed by atoms with van der Waals surface area (Å²) < 4.78 is 0. The van der Waals surface area contributed by atoms with Crippen molar-refractivity contribution in [3.63, 3.8) is 0 Å². The summed E-state index contributed by atoms with van der Waals surface area (Å²) in [5, 5.41) is 3.08. The Bertz CT molecular complexity index is 598. The maximum atomic E-state index is 8.00. The molecular weight excluding hydrogens is 582 g/mol. The van der Waals surface area contributed by atoms with Gasteiger partial charge in [0, 0.05) is 26.9 Å². The Balaban J connectivity index is -0.000000250. The van der Waals surface area contributed by atoms with Gasteiger partial charge >= 0.3 is 0 Å². The van der Waals surface area contributed by atoms with Crippen molar-refractivity contribution in [3.8, 4) is 0 Å². The SMILES string of the molecule is C=O.C=O.C=O.C=O.C=O.ClCCP1C(c2ccccc2)=C1c1ccccc1.[W]. The van der Waals surface area contributed by atoms with Gasteiger partial charge in [-0.3, -0.25) is 0 Å². The van der Waals surface area contributed by atoms with Crippen molar-refractivity contribution in [1.82, 2.24) is 0 Å². The zero-order valence-corrected chi connectivity index (χ0v) is 20.6. The first-order valence-electron chi connectivity index (χ1n) is 7.55. The molecule has 5 nitrogen and oxygen atoms in total. The summed E-state index contributed by atoms with van der Waals surface area (Å²) in [6, 6.07) is 21.4. The fourth-order valence-electron chi connectivity index (χ4n) is 2.28. The van der Waals surface area contributed by atoms with Crippen molar-refractivity contribution in [1.29, 1.82) is 0 Å². The molecule has 0 fully saturated rings. The van der Waals surface area contributed by atoms with Gasteiger partial charge in [-0.25, -0.2) is 0 Å². The number of carbonyl (C=O) groups is 5. The molecule has 0 bridgehead atoms. The van der Waals surface area contributed by atoms with E-state index < -0.39 is 0 Å². The zero-order valence-electron chi connectivity index (χ0n) is 16.0. The number of alkyl halides is 1. The van der Waals surface area contributed by atoms with E-state index in [0.717, 1.165) is 12.0 Å². The van der Waals surface area contributed by atoms with Gasteiger partial charge in [-0.15, -0.1) is 11.6 Å². The van der Waals surface area contributed by atoms with Crippen LogP contribution in [0.5, 0.6) is 0 Å². The first kappa shape index (κ1) is 34.4. The second-order valence-corrected chi connectivity index (χ2v) is 6.85. The summed E-state index contributed by atoms with van der Waals surface area (Å²) in [4.78, 5) is 40.0. The van der Waals surface area contributed by atoms with Gasteiger partial charge in [0.2, 0.25) is 0 Å². The van der Waals surface area contributed by atoms with Gasteiger partial charge < -0.3 is 24.0 Å². The van der Waals surface area contributed by atoms with Crippen LogP contribution in [-0.4, -0.2) is 46.0 Å². The molecule has 0 atom stereocenters. The van der Waals surface area contributed by atoms with E-state index in [0.29, 0.717) is 0 Å². The topological polar surface area (TPSA) is 85.3 Å². The molecule has 2 aromatic carbocycles. The second kappa shape index (κ2) is 25.9. The van der Waals surface area contributed by atoms with E-state index in [1.54, 1.807) is 0 Å². The van der Waals surface area contributed by atoms with Crippen molar-refractivity contribution < 1.29 is 45.0 Å². The van der Waals surface area contributed by atoms with Crippen LogP contribution < -0.4 is 0 Å². The smallest absolute Gasteiger partial charge is 0.106 e. The quantitative estimate of drug-likeness (QED) is 0.383. The van der Waals surface area contributed by atoms with Crippen LogP contribution in [0.4, 0.5) is 0 Å². The standard InChI is InChI=1S/C16H14ClP.5CH2O.W/c17-11-12-18-15(13-7-3-1-4-8-13)16(18)14-9-5-2-6-10-14;5*1-2;/h1-10H,11-12H2;5*1H2;. The van der Waals surface area contributed by atoms with Crippen LogP contribution >= 0.6 is 19.5 Å². The largest absolute Gasteiger partial charge is 0.307 e. The first-order chi connectivity index (χ1) is 13.9. The predicted molar refractivity (Wildman–Crippen MR) is 118 cm³/mol. The molecule has 2 aromatic rings. The molecule has 1 aliphatic heterocycles. The zero-order chi connectivity index (χ0) is 22.4. The number of benzene rings is 2. The van der Waals surface area contributed by atoms with Crippen molar-refractivity contribution in [2.45, 2.75) is 0 Å². The maximum Gasteiger partial charge on any atom is 0.106 e. The Kier molecular flexibility index (Phi) is 30.8. The van der Waals surface area contributed by atoms with E-state index in [-0.39, 0.29) is 29.0 Å². The van der Waals surface area contributed by atoms with Crippen LogP contribution in [0.25, 0.3) is 10.6 Å². The fourth-order valence-corrected chi connectivity index (χ4v) is 5.20. The third kappa shape index (κ3) is 12.2. The Hall–Kier alpha value is -2.06. The first-order valence-corrected chi connectivity index (χ1v) is 9.61. The molecule has 0 N–H and O–H groups in total. The van der Waals surface area contributed by atoms with Gasteiger partial charge in [-0.1, -0.05) is 60.7 Å². The van der Waals surface area contributed by atoms with Crippen LogP contribution in [0.2, 0.25) is 0 Å². The summed E-state index contributed by atoms with van der Waals surface area (Å²) in [6.45, 7) is 10.0. The summed E-state index contributed by atoms with van der Waals surface area (Å²) in [6.07, 6.45) is 1.10. The minimum Gasteiger partial charge on any atom is -0.307 e. The molecule has 0 saturated heterocycles. The summed E-state index contributed by atoms with van der Waals surface area (Å²) in [5.41, 5.74) is 2.74. The maximum absolute atomic E-state index is 8.00. The van der Waals surface area contributed by atoms with E-state index in [2.05, 4.69) is 60.7 Å². The number of halogens is 1. The van der Waals surface area contributed by atoms with E-state index in [9.17, 15) is 0 Å². The van der Waals surface area contributed by atoms with Crippen LogP contribution in [0, 0.1) is 0 Å². The summed E-state index contributed by atoms with van der Waals surface area (Å²) >= 11 is 5.93. The number of rotatable bonds is 4. The number of hydrogen-bond donors (Lipinski definition) is 0. The van der Waals surface area contributed by atoms with E-state index in [4.69, 9.17) is 35.6 Å². The summed E-state index contributed by atoms with van der Waals surface area (Å²) in [5.74, 6) is 0.748. The molecule has 0 amide bonds. The molecule has 0 unspecified atom stereocenters. The molecule has 1 heterocycles. The molecule has 0 spiro atoms. The van der Waals surface area contributed by atoms with Crippen molar-refractivity contribution in [3.05, 3.63) is 71.8 Å². The van der Waals surface area contributed by atoms with Crippen LogP contribution in [0.15, 0.2) is 60.7 Å². The average molecular weight is 607 g/mol. The monoisotopic (exact) mass is 606 g/mol. The molecule has 8 heteroatoms. The summed E-state index contributed by atoms with van der Waals surface area (Å²) in [7, 11) is -0.129. The van der Waals surface area contributed by atoms with Crippen molar-refractivity contribution in [2.24, 2.45) is 0 Å². The third-order valence-electron chi connectivity index (χ3n) is 3.12. The van der Waals surface area contributed by atoms with Gasteiger partial charge in [0.15, 0.2) is 0 Å². The normalized spacial score (nSPS) is 9.97. The average Bonchev–Trinajstić information content (AvgIpc) is 3.56. The molecule has 0 aliphatic carbocycles. The van der Waals surface area contributed by atoms with Gasteiger partial charge in [-0.2, -0.15) is 0 Å². The van der Waals surface area contributed by atoms with E-state index in [1.807, 2.05) is 33.9 Å². The molecule has 0 aromatic heterocycles. The molecule has 0 saturated carbocycles. The Morgan fingerprint density at radius 2 is 0.862 bits per heavy atom. The van der Waals surface area contributed by atoms with Crippen LogP contribution in [0.1, 0.15) is 11.1 Å². The minimum absolute atomic E-state index is 0. The third-order valence-corrected chi connectivity index (χ3v) is 6.06. The van der Waals surface area contributed by atoms with Gasteiger partial charge in [0.05, 0.1) is 0 Å². The molecule has 156 valence electrons. The molecule has 1 aliphatic rings. The molecule has 29 heavy (non-hydrogen) atoms. The van der Waals surface area contributed by atoms with E-state index in [1.165, 1.54) is 21.8 Å². The van der Waals surface area contributed by atoms with E-state index >= 15 is 0 Å². The van der Waals surface area contributed by atoms with Gasteiger partial charge in [0.25, 0.3) is 0 Å². The minimum atomic E-state index is -0.129. The second-order valence-electron chi connectivity index (χ2n) is 4.27. The van der Waals surface area contributed by atoms with Gasteiger partial charge in [0.1, 0.15) is 33.9 Å².